The van der Waals surface area contributed by atoms with Gasteiger partial charge in [0.1, 0.15) is 0 Å². The van der Waals surface area contributed by atoms with E-state index >= 15 is 0 Å². The maximum Gasteiger partial charge on any atom is 0.326 e. The lowest BCUT2D eigenvalue weighted by Crippen LogP contribution is -2.32. The standard InChI is InChI=1S/C13H18N4O4S.ClH/c1-2-5-14-6-7-15-22(20,21)9-3-4-11-10(8-9)12(18)17-13(19)16-11;/h3-4,8,14-15H,2,5-7H2,1H3,(H2,16,17,18,19);1H. The van der Waals surface area contributed by atoms with Gasteiger partial charge in [0.05, 0.1) is 15.8 Å². The number of benzene rings is 1. The number of H-pyrrole nitrogens is 2. The summed E-state index contributed by atoms with van der Waals surface area (Å²) in [6, 6.07) is 3.99. The van der Waals surface area contributed by atoms with Gasteiger partial charge in [0.25, 0.3) is 5.56 Å². The van der Waals surface area contributed by atoms with Gasteiger partial charge in [0, 0.05) is 13.1 Å². The van der Waals surface area contributed by atoms with Crippen molar-refractivity contribution >= 4 is 33.3 Å². The van der Waals surface area contributed by atoms with E-state index in [1.54, 1.807) is 0 Å². The van der Waals surface area contributed by atoms with Gasteiger partial charge in [-0.15, -0.1) is 12.4 Å². The fourth-order valence-corrected chi connectivity index (χ4v) is 3.03. The first-order valence-electron chi connectivity index (χ1n) is 6.91. The fraction of sp³-hybridized carbons (Fsp3) is 0.385. The largest absolute Gasteiger partial charge is 0.326 e. The summed E-state index contributed by atoms with van der Waals surface area (Å²) >= 11 is 0. The second-order valence-corrected chi connectivity index (χ2v) is 6.53. The van der Waals surface area contributed by atoms with E-state index in [2.05, 4.69) is 20.0 Å². The minimum atomic E-state index is -3.70. The average molecular weight is 363 g/mol. The van der Waals surface area contributed by atoms with E-state index in [4.69, 9.17) is 0 Å². The van der Waals surface area contributed by atoms with Crippen LogP contribution in [-0.2, 0) is 10.0 Å². The second-order valence-electron chi connectivity index (χ2n) is 4.76. The Kier molecular flexibility index (Phi) is 6.95. The minimum absolute atomic E-state index is 0. The van der Waals surface area contributed by atoms with Crippen LogP contribution in [-0.4, -0.2) is 38.0 Å². The molecule has 0 aliphatic heterocycles. The Morgan fingerprint density at radius 1 is 1.09 bits per heavy atom. The highest BCUT2D eigenvalue weighted by Gasteiger charge is 2.14. The van der Waals surface area contributed by atoms with E-state index < -0.39 is 21.3 Å². The monoisotopic (exact) mass is 362 g/mol. The van der Waals surface area contributed by atoms with Crippen molar-refractivity contribution in [3.8, 4) is 0 Å². The molecule has 1 heterocycles. The number of rotatable bonds is 7. The van der Waals surface area contributed by atoms with Gasteiger partial charge in [-0.3, -0.25) is 9.78 Å². The van der Waals surface area contributed by atoms with Gasteiger partial charge < -0.3 is 10.3 Å². The van der Waals surface area contributed by atoms with Gasteiger partial charge in [-0.05, 0) is 31.2 Å². The normalized spacial score (nSPS) is 11.3. The van der Waals surface area contributed by atoms with Crippen LogP contribution in [0.15, 0.2) is 32.7 Å². The quantitative estimate of drug-likeness (QED) is 0.513. The van der Waals surface area contributed by atoms with E-state index in [0.717, 1.165) is 13.0 Å². The Morgan fingerprint density at radius 3 is 2.52 bits per heavy atom. The van der Waals surface area contributed by atoms with Crippen molar-refractivity contribution in [2.75, 3.05) is 19.6 Å². The number of hydrogen-bond acceptors (Lipinski definition) is 5. The third-order valence-electron chi connectivity index (χ3n) is 3.04. The predicted octanol–water partition coefficient (Wildman–Crippen LogP) is -0.0839. The zero-order valence-electron chi connectivity index (χ0n) is 12.5. The molecule has 8 nitrogen and oxygen atoms in total. The van der Waals surface area contributed by atoms with E-state index in [1.165, 1.54) is 18.2 Å². The summed E-state index contributed by atoms with van der Waals surface area (Å²) in [5.41, 5.74) is -0.967. The number of nitrogens with one attached hydrogen (secondary N) is 4. The molecular weight excluding hydrogens is 344 g/mol. The molecule has 0 aliphatic carbocycles. The van der Waals surface area contributed by atoms with Gasteiger partial charge in [-0.1, -0.05) is 6.92 Å². The number of hydrogen-bond donors (Lipinski definition) is 4. The SMILES string of the molecule is CCCNCCNS(=O)(=O)c1ccc2[nH]c(=O)[nH]c(=O)c2c1.Cl. The number of halogens is 1. The molecular formula is C13H19ClN4O4S. The zero-order valence-corrected chi connectivity index (χ0v) is 14.1. The summed E-state index contributed by atoms with van der Waals surface area (Å²) in [5, 5.41) is 3.20. The smallest absolute Gasteiger partial charge is 0.315 e. The average Bonchev–Trinajstić information content (AvgIpc) is 2.46. The van der Waals surface area contributed by atoms with Crippen molar-refractivity contribution < 1.29 is 8.42 Å². The van der Waals surface area contributed by atoms with Crippen molar-refractivity contribution in [1.29, 1.82) is 0 Å². The molecule has 1 aromatic carbocycles. The zero-order chi connectivity index (χ0) is 16.2. The highest BCUT2D eigenvalue weighted by Crippen LogP contribution is 2.13. The molecule has 0 amide bonds. The lowest BCUT2D eigenvalue weighted by Gasteiger charge is -2.08. The second kappa shape index (κ2) is 8.25. The van der Waals surface area contributed by atoms with E-state index in [0.29, 0.717) is 6.54 Å². The third kappa shape index (κ3) is 4.90. The molecule has 4 N–H and O–H groups in total. The highest BCUT2D eigenvalue weighted by atomic mass is 35.5. The first-order valence-corrected chi connectivity index (χ1v) is 8.39. The minimum Gasteiger partial charge on any atom is -0.315 e. The van der Waals surface area contributed by atoms with Crippen molar-refractivity contribution in [1.82, 2.24) is 20.0 Å². The lowest BCUT2D eigenvalue weighted by molar-refractivity contribution is 0.575. The summed E-state index contributed by atoms with van der Waals surface area (Å²) in [4.78, 5) is 27.4. The van der Waals surface area contributed by atoms with Crippen LogP contribution in [0.5, 0.6) is 0 Å². The molecule has 23 heavy (non-hydrogen) atoms. The molecule has 0 fully saturated rings. The summed E-state index contributed by atoms with van der Waals surface area (Å²) in [7, 11) is -3.70. The molecule has 128 valence electrons. The maximum atomic E-state index is 12.2. The van der Waals surface area contributed by atoms with Crippen LogP contribution >= 0.6 is 12.4 Å². The first kappa shape index (κ1) is 19.4. The van der Waals surface area contributed by atoms with Crippen molar-refractivity contribution in [2.24, 2.45) is 0 Å². The molecule has 0 atom stereocenters. The van der Waals surface area contributed by atoms with Gasteiger partial charge in [0.15, 0.2) is 0 Å². The molecule has 0 bridgehead atoms. The van der Waals surface area contributed by atoms with Gasteiger partial charge in [0.2, 0.25) is 10.0 Å². The van der Waals surface area contributed by atoms with Crippen LogP contribution in [0.2, 0.25) is 0 Å². The van der Waals surface area contributed by atoms with E-state index in [1.807, 2.05) is 6.92 Å². The molecule has 2 aromatic rings. The number of aromatic nitrogens is 2. The molecule has 0 saturated heterocycles. The highest BCUT2D eigenvalue weighted by molar-refractivity contribution is 7.89. The van der Waals surface area contributed by atoms with Crippen molar-refractivity contribution in [2.45, 2.75) is 18.2 Å². The molecule has 0 aliphatic rings. The number of fused-ring (bicyclic) bond motifs is 1. The van der Waals surface area contributed by atoms with Crippen LogP contribution in [0.3, 0.4) is 0 Å². The van der Waals surface area contributed by atoms with Gasteiger partial charge in [-0.25, -0.2) is 17.9 Å². The Morgan fingerprint density at radius 2 is 1.83 bits per heavy atom. The first-order chi connectivity index (χ1) is 10.4. The Balaban J connectivity index is 0.00000264. The number of sulfonamides is 1. The van der Waals surface area contributed by atoms with Crippen LogP contribution in [0, 0.1) is 0 Å². The molecule has 0 spiro atoms. The Hall–Kier alpha value is -1.68. The summed E-state index contributed by atoms with van der Waals surface area (Å²) in [6.07, 6.45) is 0.971. The molecule has 2 rings (SSSR count). The Bertz CT molecular complexity index is 875. The lowest BCUT2D eigenvalue weighted by atomic mass is 10.2. The topological polar surface area (TPSA) is 124 Å². The molecule has 1 aromatic heterocycles. The molecule has 0 radical (unpaired) electrons. The van der Waals surface area contributed by atoms with Crippen molar-refractivity contribution in [3.05, 3.63) is 39.0 Å². The summed E-state index contributed by atoms with van der Waals surface area (Å²) < 4.78 is 26.8. The van der Waals surface area contributed by atoms with Crippen LogP contribution < -0.4 is 21.3 Å². The maximum absolute atomic E-state index is 12.2. The summed E-state index contributed by atoms with van der Waals surface area (Å²) in [5.74, 6) is 0. The third-order valence-corrected chi connectivity index (χ3v) is 4.50. The van der Waals surface area contributed by atoms with E-state index in [-0.39, 0.29) is 34.8 Å². The Labute approximate surface area is 139 Å². The van der Waals surface area contributed by atoms with Crippen LogP contribution in [0.4, 0.5) is 0 Å². The molecule has 10 heteroatoms. The fourth-order valence-electron chi connectivity index (χ4n) is 1.97. The van der Waals surface area contributed by atoms with E-state index in [9.17, 15) is 18.0 Å². The van der Waals surface area contributed by atoms with Gasteiger partial charge in [-0.2, -0.15) is 0 Å². The summed E-state index contributed by atoms with van der Waals surface area (Å²) in [6.45, 7) is 3.62. The van der Waals surface area contributed by atoms with Crippen LogP contribution in [0.25, 0.3) is 10.9 Å². The van der Waals surface area contributed by atoms with Gasteiger partial charge >= 0.3 is 5.69 Å². The predicted molar refractivity (Wildman–Crippen MR) is 90.8 cm³/mol. The van der Waals surface area contributed by atoms with Crippen LogP contribution in [0.1, 0.15) is 13.3 Å². The van der Waals surface area contributed by atoms with Crippen molar-refractivity contribution in [3.63, 3.8) is 0 Å². The number of aromatic amines is 2. The molecule has 0 unspecified atom stereocenters. The molecule has 0 saturated carbocycles.